The molecule has 0 bridgehead atoms. The van der Waals surface area contributed by atoms with E-state index < -0.39 is 18.4 Å². The molecule has 96 valence electrons. The fraction of sp³-hybridized carbons (Fsp3) is 0.778. The molecule has 1 rings (SSSR count). The molecule has 1 aliphatic rings. The van der Waals surface area contributed by atoms with Gasteiger partial charge in [-0.15, -0.1) is 0 Å². The van der Waals surface area contributed by atoms with Crippen molar-refractivity contribution in [1.82, 2.24) is 0 Å². The van der Waals surface area contributed by atoms with Crippen molar-refractivity contribution in [3.8, 4) is 0 Å². The Morgan fingerprint density at radius 1 is 1.00 bits per heavy atom. The maximum absolute atomic E-state index is 9.43. The van der Waals surface area contributed by atoms with Gasteiger partial charge in [0.2, 0.25) is 0 Å². The van der Waals surface area contributed by atoms with Crippen LogP contribution in [0.2, 0.25) is 0 Å². The third-order valence-electron chi connectivity index (χ3n) is 2.07. The Hall–Kier alpha value is -0.452. The molecule has 7 heteroatoms. The molecule has 0 aromatic carbocycles. The van der Waals surface area contributed by atoms with Crippen LogP contribution in [-0.4, -0.2) is 34.2 Å². The number of hydrogen-bond donors (Lipinski definition) is 2. The summed E-state index contributed by atoms with van der Waals surface area (Å²) in [6, 6.07) is -0.160. The molecule has 0 unspecified atom stereocenters. The average Bonchev–Trinajstić information content (AvgIpc) is 2.08. The summed E-state index contributed by atoms with van der Waals surface area (Å²) < 4.78 is 0. The Bertz CT molecular complexity index is 204. The van der Waals surface area contributed by atoms with E-state index in [2.05, 4.69) is 0 Å². The number of hydrogen-bond acceptors (Lipinski definition) is 2. The first-order valence-electron chi connectivity index (χ1n) is 4.79. The number of rotatable bonds is 2. The fourth-order valence-corrected chi connectivity index (χ4v) is 1.26. The number of carboxylic acid groups (broad SMARTS) is 2. The zero-order valence-corrected chi connectivity index (χ0v) is 11.0. The first kappa shape index (κ1) is 17.9. The molecule has 0 aromatic heterocycles. The van der Waals surface area contributed by atoms with E-state index in [4.69, 9.17) is 21.7 Å². The smallest absolute Gasteiger partial charge is 0.676 e. The largest absolute Gasteiger partial charge is 2.00 e. The topological polar surface area (TPSA) is 122 Å². The van der Waals surface area contributed by atoms with Crippen LogP contribution in [0.25, 0.3) is 11.5 Å². The maximum Gasteiger partial charge on any atom is 2.00 e. The summed E-state index contributed by atoms with van der Waals surface area (Å²) in [7, 11) is 0. The van der Waals surface area contributed by atoms with Crippen LogP contribution >= 0.6 is 0 Å². The van der Waals surface area contributed by atoms with Crippen LogP contribution in [-0.2, 0) is 30.7 Å². The van der Waals surface area contributed by atoms with Crippen molar-refractivity contribution < 1.29 is 40.9 Å². The van der Waals surface area contributed by atoms with E-state index in [1.165, 1.54) is 12.8 Å². The number of carbonyl (C=O) groups is 2. The van der Waals surface area contributed by atoms with Crippen molar-refractivity contribution in [2.45, 2.75) is 44.2 Å². The Morgan fingerprint density at radius 2 is 1.31 bits per heavy atom. The first-order chi connectivity index (χ1) is 6.93. The zero-order chi connectivity index (χ0) is 11.8. The maximum atomic E-state index is 9.43. The van der Waals surface area contributed by atoms with E-state index in [0.717, 1.165) is 12.8 Å². The van der Waals surface area contributed by atoms with Crippen LogP contribution in [0.1, 0.15) is 32.1 Å². The molecule has 0 spiro atoms. The van der Waals surface area contributed by atoms with E-state index in [1.807, 2.05) is 0 Å². The average molecular weight is 411 g/mol. The SMILES string of the molecule is O=C(O)CC(=O)O.[NH-][C@@H]1CCCC[C@H]1[NH-].[Pt+2]. The summed E-state index contributed by atoms with van der Waals surface area (Å²) in [5.74, 6) is -2.62. The molecular formula is C9H16N2O4Pt. The Balaban J connectivity index is 0. The second kappa shape index (κ2) is 9.75. The molecule has 4 N–H and O–H groups in total. The molecular weight excluding hydrogens is 395 g/mol. The van der Waals surface area contributed by atoms with Gasteiger partial charge >= 0.3 is 33.0 Å². The Kier molecular flexibility index (Phi) is 10.9. The molecule has 1 aliphatic carbocycles. The summed E-state index contributed by atoms with van der Waals surface area (Å²) in [6.07, 6.45) is 3.44. The monoisotopic (exact) mass is 411 g/mol. The molecule has 6 nitrogen and oxygen atoms in total. The van der Waals surface area contributed by atoms with Crippen molar-refractivity contribution >= 4 is 11.9 Å². The van der Waals surface area contributed by atoms with Gasteiger partial charge in [-0.25, -0.2) is 0 Å². The molecule has 1 saturated carbocycles. The quantitative estimate of drug-likeness (QED) is 0.675. The predicted octanol–water partition coefficient (Wildman–Crippen LogP) is 1.95. The summed E-state index contributed by atoms with van der Waals surface area (Å²) in [5.41, 5.74) is 14.6. The molecule has 1 fully saturated rings. The third kappa shape index (κ3) is 10.1. The Morgan fingerprint density at radius 3 is 1.44 bits per heavy atom. The minimum Gasteiger partial charge on any atom is -0.676 e. The molecule has 0 radical (unpaired) electrons. The van der Waals surface area contributed by atoms with E-state index in [0.29, 0.717) is 0 Å². The third-order valence-corrected chi connectivity index (χ3v) is 2.07. The summed E-state index contributed by atoms with van der Waals surface area (Å²) >= 11 is 0. The van der Waals surface area contributed by atoms with E-state index >= 15 is 0 Å². The van der Waals surface area contributed by atoms with Gasteiger partial charge in [0.15, 0.2) is 0 Å². The van der Waals surface area contributed by atoms with E-state index in [1.54, 1.807) is 0 Å². The molecule has 2 atom stereocenters. The van der Waals surface area contributed by atoms with Gasteiger partial charge in [0, 0.05) is 0 Å². The minimum atomic E-state index is -1.31. The van der Waals surface area contributed by atoms with Crippen LogP contribution < -0.4 is 0 Å². The minimum absolute atomic E-state index is 0. The molecule has 0 saturated heterocycles. The van der Waals surface area contributed by atoms with Gasteiger partial charge in [-0.2, -0.15) is 12.1 Å². The normalized spacial score (nSPS) is 23.4. The Labute approximate surface area is 109 Å². The number of aliphatic carboxylic acids is 2. The van der Waals surface area contributed by atoms with Crippen LogP contribution in [0.3, 0.4) is 0 Å². The zero-order valence-electron chi connectivity index (χ0n) is 8.72. The van der Waals surface area contributed by atoms with Crippen LogP contribution in [0, 0.1) is 0 Å². The standard InChI is InChI=1S/C6H12N2.C3H4O4.Pt/c7-5-3-1-2-4-6(5)8;4-2(5)1-3(6)7;/h5-8H,1-4H2;1H2,(H,4,5)(H,6,7);/q-2;;+2/t5-,6-;;/m1../s1. The second-order valence-corrected chi connectivity index (χ2v) is 3.46. The summed E-state index contributed by atoms with van der Waals surface area (Å²) in [5, 5.41) is 15.4. The molecule has 16 heavy (non-hydrogen) atoms. The van der Waals surface area contributed by atoms with Crippen molar-refractivity contribution in [1.29, 1.82) is 0 Å². The molecule has 0 amide bonds. The summed E-state index contributed by atoms with van der Waals surface area (Å²) in [4.78, 5) is 18.9. The van der Waals surface area contributed by atoms with Crippen molar-refractivity contribution in [2.24, 2.45) is 0 Å². The van der Waals surface area contributed by atoms with Gasteiger partial charge < -0.3 is 21.7 Å². The van der Waals surface area contributed by atoms with Crippen molar-refractivity contribution in [3.63, 3.8) is 0 Å². The molecule has 0 aromatic rings. The fourth-order valence-electron chi connectivity index (χ4n) is 1.26. The predicted molar refractivity (Wildman–Crippen MR) is 54.6 cm³/mol. The van der Waals surface area contributed by atoms with Gasteiger partial charge in [0.1, 0.15) is 6.42 Å². The van der Waals surface area contributed by atoms with Crippen molar-refractivity contribution in [3.05, 3.63) is 11.5 Å². The van der Waals surface area contributed by atoms with Gasteiger partial charge in [0.05, 0.1) is 0 Å². The van der Waals surface area contributed by atoms with Crippen LogP contribution in [0.15, 0.2) is 0 Å². The first-order valence-corrected chi connectivity index (χ1v) is 4.79. The summed E-state index contributed by atoms with van der Waals surface area (Å²) in [6.45, 7) is 0. The molecule has 0 heterocycles. The number of nitrogens with one attached hydrogen (secondary N) is 2. The second-order valence-electron chi connectivity index (χ2n) is 3.46. The van der Waals surface area contributed by atoms with Crippen LogP contribution in [0.4, 0.5) is 0 Å². The number of carboxylic acids is 2. The van der Waals surface area contributed by atoms with E-state index in [-0.39, 0.29) is 33.1 Å². The van der Waals surface area contributed by atoms with Gasteiger partial charge in [-0.3, -0.25) is 9.59 Å². The van der Waals surface area contributed by atoms with Gasteiger partial charge in [-0.1, -0.05) is 25.7 Å². The van der Waals surface area contributed by atoms with Crippen molar-refractivity contribution in [2.75, 3.05) is 0 Å². The van der Waals surface area contributed by atoms with Crippen LogP contribution in [0.5, 0.6) is 0 Å². The molecule has 0 aliphatic heterocycles. The van der Waals surface area contributed by atoms with Gasteiger partial charge in [-0.05, 0) is 0 Å². The van der Waals surface area contributed by atoms with E-state index in [9.17, 15) is 9.59 Å². The van der Waals surface area contributed by atoms with Gasteiger partial charge in [0.25, 0.3) is 0 Å².